The number of aromatic nitrogens is 4. The first-order chi connectivity index (χ1) is 14.6. The minimum absolute atomic E-state index is 0.0461. The van der Waals surface area contributed by atoms with E-state index in [1.807, 2.05) is 19.2 Å². The van der Waals surface area contributed by atoms with Gasteiger partial charge in [-0.3, -0.25) is 14.7 Å². The van der Waals surface area contributed by atoms with Gasteiger partial charge in [-0.25, -0.2) is 0 Å². The summed E-state index contributed by atoms with van der Waals surface area (Å²) in [5.41, 5.74) is 2.33. The van der Waals surface area contributed by atoms with Crippen molar-refractivity contribution in [3.8, 4) is 0 Å². The maximum absolute atomic E-state index is 12.0. The summed E-state index contributed by atoms with van der Waals surface area (Å²) in [6.07, 6.45) is 3.17. The van der Waals surface area contributed by atoms with Crippen molar-refractivity contribution in [1.82, 2.24) is 30.0 Å². The minimum atomic E-state index is -0.118. The number of para-hydroxylation sites is 1. The molecule has 1 amide bonds. The number of pyridine rings is 1. The van der Waals surface area contributed by atoms with E-state index in [9.17, 15) is 4.79 Å². The number of nitrogens with one attached hydrogen (secondary N) is 1. The molecule has 0 fully saturated rings. The zero-order chi connectivity index (χ0) is 21.1. The number of amides is 1. The van der Waals surface area contributed by atoms with E-state index < -0.39 is 0 Å². The van der Waals surface area contributed by atoms with Crippen molar-refractivity contribution in [3.63, 3.8) is 0 Å². The summed E-state index contributed by atoms with van der Waals surface area (Å²) < 4.78 is 2.21. The first-order valence-corrected chi connectivity index (χ1v) is 10.8. The zero-order valence-electron chi connectivity index (χ0n) is 18.0. The van der Waals surface area contributed by atoms with E-state index in [4.69, 9.17) is 0 Å². The first kappa shape index (κ1) is 20.5. The molecule has 158 valence electrons. The summed E-state index contributed by atoms with van der Waals surface area (Å²) in [5, 5.41) is 13.2. The fourth-order valence-electron chi connectivity index (χ4n) is 4.12. The Morgan fingerprint density at radius 1 is 1.13 bits per heavy atom. The number of fused-ring (bicyclic) bond motifs is 2. The number of carbonyl (C=O) groups is 1. The van der Waals surface area contributed by atoms with Crippen LogP contribution in [0.3, 0.4) is 0 Å². The normalized spacial score (nSPS) is 15.7. The van der Waals surface area contributed by atoms with Crippen LogP contribution in [0.2, 0.25) is 0 Å². The maximum atomic E-state index is 12.0. The highest BCUT2D eigenvalue weighted by molar-refractivity contribution is 5.81. The Kier molecular flexibility index (Phi) is 6.08. The topological polar surface area (TPSA) is 75.9 Å². The van der Waals surface area contributed by atoms with Crippen molar-refractivity contribution in [3.05, 3.63) is 53.7 Å². The van der Waals surface area contributed by atoms with Gasteiger partial charge in [-0.2, -0.15) is 0 Å². The van der Waals surface area contributed by atoms with Crippen molar-refractivity contribution in [1.29, 1.82) is 0 Å². The molecule has 7 heteroatoms. The SMILES string of the molecule is CCC(=O)NC(c1nnc2n1CCN(Cc1cccc3cccnc13)CC2)C(C)C. The Bertz CT molecular complexity index is 1020. The number of nitrogens with zero attached hydrogens (tertiary/aromatic N) is 5. The molecule has 0 spiro atoms. The Balaban J connectivity index is 1.52. The number of benzene rings is 1. The van der Waals surface area contributed by atoms with Gasteiger partial charge < -0.3 is 9.88 Å². The fourth-order valence-corrected chi connectivity index (χ4v) is 4.12. The van der Waals surface area contributed by atoms with Gasteiger partial charge in [0.2, 0.25) is 5.91 Å². The lowest BCUT2D eigenvalue weighted by molar-refractivity contribution is -0.121. The van der Waals surface area contributed by atoms with Crippen molar-refractivity contribution >= 4 is 16.8 Å². The molecule has 1 N–H and O–H groups in total. The zero-order valence-corrected chi connectivity index (χ0v) is 18.0. The van der Waals surface area contributed by atoms with Gasteiger partial charge in [0.05, 0.1) is 11.6 Å². The van der Waals surface area contributed by atoms with E-state index in [-0.39, 0.29) is 17.9 Å². The Hall–Kier alpha value is -2.80. The molecule has 1 atom stereocenters. The first-order valence-electron chi connectivity index (χ1n) is 10.8. The largest absolute Gasteiger partial charge is 0.346 e. The van der Waals surface area contributed by atoms with Crippen LogP contribution >= 0.6 is 0 Å². The summed E-state index contributed by atoms with van der Waals surface area (Å²) in [5.74, 6) is 2.16. The predicted octanol–water partition coefficient (Wildman–Crippen LogP) is 3.11. The van der Waals surface area contributed by atoms with Gasteiger partial charge in [-0.05, 0) is 17.5 Å². The van der Waals surface area contributed by atoms with Crippen molar-refractivity contribution in [2.45, 2.75) is 52.7 Å². The highest BCUT2D eigenvalue weighted by Crippen LogP contribution is 2.24. The van der Waals surface area contributed by atoms with Crippen LogP contribution in [0.25, 0.3) is 10.9 Å². The number of carbonyl (C=O) groups excluding carboxylic acids is 1. The number of hydrogen-bond acceptors (Lipinski definition) is 5. The highest BCUT2D eigenvalue weighted by atomic mass is 16.1. The minimum Gasteiger partial charge on any atom is -0.346 e. The Labute approximate surface area is 177 Å². The second-order valence-electron chi connectivity index (χ2n) is 8.29. The van der Waals surface area contributed by atoms with E-state index in [0.717, 1.165) is 49.8 Å². The van der Waals surface area contributed by atoms with E-state index in [1.54, 1.807) is 0 Å². The molecule has 3 heterocycles. The Morgan fingerprint density at radius 2 is 1.97 bits per heavy atom. The molecule has 1 aromatic carbocycles. The van der Waals surface area contributed by atoms with Crippen LogP contribution in [-0.4, -0.2) is 43.6 Å². The van der Waals surface area contributed by atoms with Crippen LogP contribution in [0.5, 0.6) is 0 Å². The van der Waals surface area contributed by atoms with Crippen LogP contribution in [0.1, 0.15) is 50.4 Å². The molecule has 1 unspecified atom stereocenters. The average Bonchev–Trinajstić information content (AvgIpc) is 3.05. The van der Waals surface area contributed by atoms with Gasteiger partial charge in [0.15, 0.2) is 5.82 Å². The standard InChI is InChI=1S/C23H30N6O/c1-4-20(30)25-21(16(2)3)23-27-26-19-10-12-28(13-14-29(19)23)15-18-8-5-7-17-9-6-11-24-22(17)18/h5-9,11,16,21H,4,10,12-15H2,1-3H3,(H,25,30). The van der Waals surface area contributed by atoms with E-state index in [2.05, 4.69) is 68.1 Å². The Morgan fingerprint density at radius 3 is 2.77 bits per heavy atom. The summed E-state index contributed by atoms with van der Waals surface area (Å²) in [7, 11) is 0. The molecule has 0 saturated carbocycles. The third-order valence-corrected chi connectivity index (χ3v) is 5.84. The maximum Gasteiger partial charge on any atom is 0.220 e. The second kappa shape index (κ2) is 8.92. The van der Waals surface area contributed by atoms with E-state index in [1.165, 1.54) is 10.9 Å². The lowest BCUT2D eigenvalue weighted by Gasteiger charge is -2.23. The lowest BCUT2D eigenvalue weighted by atomic mass is 10.0. The number of hydrogen-bond donors (Lipinski definition) is 1. The van der Waals surface area contributed by atoms with Gasteiger partial charge in [0, 0.05) is 50.6 Å². The van der Waals surface area contributed by atoms with Gasteiger partial charge >= 0.3 is 0 Å². The molecule has 0 bridgehead atoms. The second-order valence-corrected chi connectivity index (χ2v) is 8.29. The lowest BCUT2D eigenvalue weighted by Crippen LogP contribution is -2.34. The van der Waals surface area contributed by atoms with Crippen LogP contribution in [0.4, 0.5) is 0 Å². The highest BCUT2D eigenvalue weighted by Gasteiger charge is 2.27. The van der Waals surface area contributed by atoms with Crippen LogP contribution < -0.4 is 5.32 Å². The fraction of sp³-hybridized carbons (Fsp3) is 0.478. The van der Waals surface area contributed by atoms with Gasteiger partial charge in [0.25, 0.3) is 0 Å². The molecule has 3 aromatic rings. The summed E-state index contributed by atoms with van der Waals surface area (Å²) in [6.45, 7) is 9.61. The molecule has 4 rings (SSSR count). The van der Waals surface area contributed by atoms with Crippen LogP contribution in [0, 0.1) is 5.92 Å². The smallest absolute Gasteiger partial charge is 0.220 e. The monoisotopic (exact) mass is 406 g/mol. The van der Waals surface area contributed by atoms with E-state index in [0.29, 0.717) is 6.42 Å². The van der Waals surface area contributed by atoms with Crippen molar-refractivity contribution < 1.29 is 4.79 Å². The van der Waals surface area contributed by atoms with Gasteiger partial charge in [-0.15, -0.1) is 10.2 Å². The molecule has 30 heavy (non-hydrogen) atoms. The number of rotatable bonds is 6. The van der Waals surface area contributed by atoms with E-state index >= 15 is 0 Å². The molecule has 0 aliphatic carbocycles. The summed E-state index contributed by atoms with van der Waals surface area (Å²) in [6, 6.07) is 10.4. The molecule has 2 aromatic heterocycles. The quantitative estimate of drug-likeness (QED) is 0.681. The molecular formula is C23H30N6O. The molecule has 0 radical (unpaired) electrons. The summed E-state index contributed by atoms with van der Waals surface area (Å²) in [4.78, 5) is 19.1. The third kappa shape index (κ3) is 4.21. The van der Waals surface area contributed by atoms with Crippen LogP contribution in [-0.2, 0) is 24.3 Å². The van der Waals surface area contributed by atoms with Gasteiger partial charge in [0.1, 0.15) is 5.82 Å². The molecule has 1 aliphatic heterocycles. The van der Waals surface area contributed by atoms with Gasteiger partial charge in [-0.1, -0.05) is 45.0 Å². The molecule has 7 nitrogen and oxygen atoms in total. The molecular weight excluding hydrogens is 376 g/mol. The molecule has 1 aliphatic rings. The predicted molar refractivity (Wildman–Crippen MR) is 117 cm³/mol. The van der Waals surface area contributed by atoms with Crippen molar-refractivity contribution in [2.75, 3.05) is 13.1 Å². The molecule has 0 saturated heterocycles. The average molecular weight is 407 g/mol. The van der Waals surface area contributed by atoms with Crippen LogP contribution in [0.15, 0.2) is 36.5 Å². The third-order valence-electron chi connectivity index (χ3n) is 5.84. The van der Waals surface area contributed by atoms with Crippen molar-refractivity contribution in [2.24, 2.45) is 5.92 Å². The summed E-state index contributed by atoms with van der Waals surface area (Å²) >= 11 is 0.